The molecule has 0 amide bonds. The molecule has 0 spiro atoms. The normalized spacial score (nSPS) is 14.7. The van der Waals surface area contributed by atoms with Gasteiger partial charge in [0.2, 0.25) is 0 Å². The minimum atomic E-state index is -0.227. The number of thiophene rings is 1. The SMILES string of the molecule is Cc1nc2sc3c(c2c(=O)n1N=Cc1ccc(O)c(O)c1)CCCCC3. The first-order chi connectivity index (χ1) is 12.5. The number of nitrogens with zero attached hydrogens (tertiary/aromatic N) is 3. The smallest absolute Gasteiger partial charge is 0.283 e. The summed E-state index contributed by atoms with van der Waals surface area (Å²) < 4.78 is 1.31. The van der Waals surface area contributed by atoms with Gasteiger partial charge in [0.1, 0.15) is 10.7 Å². The molecule has 2 N–H and O–H groups in total. The zero-order chi connectivity index (χ0) is 18.3. The van der Waals surface area contributed by atoms with Gasteiger partial charge in [-0.05, 0) is 61.9 Å². The predicted molar refractivity (Wildman–Crippen MR) is 103 cm³/mol. The average molecular weight is 369 g/mol. The van der Waals surface area contributed by atoms with Crippen LogP contribution in [0, 0.1) is 6.92 Å². The predicted octanol–water partition coefficient (Wildman–Crippen LogP) is 3.33. The van der Waals surface area contributed by atoms with Gasteiger partial charge in [-0.2, -0.15) is 9.78 Å². The van der Waals surface area contributed by atoms with Crippen molar-refractivity contribution in [2.75, 3.05) is 0 Å². The van der Waals surface area contributed by atoms with Crippen LogP contribution >= 0.6 is 11.3 Å². The summed E-state index contributed by atoms with van der Waals surface area (Å²) in [7, 11) is 0. The average Bonchev–Trinajstić information content (AvgIpc) is 2.79. The zero-order valence-electron chi connectivity index (χ0n) is 14.4. The maximum Gasteiger partial charge on any atom is 0.283 e. The molecule has 6 nitrogen and oxygen atoms in total. The van der Waals surface area contributed by atoms with Crippen molar-refractivity contribution < 1.29 is 10.2 Å². The molecule has 134 valence electrons. The van der Waals surface area contributed by atoms with E-state index in [9.17, 15) is 15.0 Å². The third-order valence-electron chi connectivity index (χ3n) is 4.70. The largest absolute Gasteiger partial charge is 0.504 e. The molecule has 4 rings (SSSR count). The second-order valence-corrected chi connectivity index (χ2v) is 7.60. The lowest BCUT2D eigenvalue weighted by atomic mass is 10.1. The van der Waals surface area contributed by atoms with Crippen molar-refractivity contribution >= 4 is 27.8 Å². The van der Waals surface area contributed by atoms with Gasteiger partial charge in [-0.15, -0.1) is 11.3 Å². The first-order valence-electron chi connectivity index (χ1n) is 8.65. The Hall–Kier alpha value is -2.67. The highest BCUT2D eigenvalue weighted by atomic mass is 32.1. The van der Waals surface area contributed by atoms with Gasteiger partial charge in [0.25, 0.3) is 5.56 Å². The lowest BCUT2D eigenvalue weighted by molar-refractivity contribution is 0.403. The lowest BCUT2D eigenvalue weighted by Crippen LogP contribution is -2.20. The van der Waals surface area contributed by atoms with Crippen molar-refractivity contribution in [1.82, 2.24) is 9.66 Å². The van der Waals surface area contributed by atoms with Gasteiger partial charge in [0.05, 0.1) is 11.6 Å². The molecular weight excluding hydrogens is 350 g/mol. The molecule has 1 aliphatic rings. The fourth-order valence-corrected chi connectivity index (χ4v) is 4.65. The van der Waals surface area contributed by atoms with Crippen LogP contribution in [0.2, 0.25) is 0 Å². The number of hydrogen-bond donors (Lipinski definition) is 2. The van der Waals surface area contributed by atoms with Crippen LogP contribution in [0.15, 0.2) is 28.1 Å². The molecule has 0 saturated carbocycles. The summed E-state index contributed by atoms with van der Waals surface area (Å²) in [6.07, 6.45) is 6.87. The molecule has 26 heavy (non-hydrogen) atoms. The first-order valence-corrected chi connectivity index (χ1v) is 9.46. The summed E-state index contributed by atoms with van der Waals surface area (Å²) in [6, 6.07) is 4.38. The Bertz CT molecular complexity index is 1080. The fourth-order valence-electron chi connectivity index (χ4n) is 3.36. The Kier molecular flexibility index (Phi) is 4.24. The molecule has 0 fully saturated rings. The van der Waals surface area contributed by atoms with Crippen molar-refractivity contribution in [1.29, 1.82) is 0 Å². The van der Waals surface area contributed by atoms with E-state index in [2.05, 4.69) is 10.1 Å². The monoisotopic (exact) mass is 369 g/mol. The van der Waals surface area contributed by atoms with Crippen molar-refractivity contribution in [2.24, 2.45) is 5.10 Å². The summed E-state index contributed by atoms with van der Waals surface area (Å²) in [4.78, 5) is 19.7. The molecule has 1 aromatic carbocycles. The van der Waals surface area contributed by atoms with Crippen molar-refractivity contribution in [3.63, 3.8) is 0 Å². The van der Waals surface area contributed by atoms with E-state index in [1.807, 2.05) is 0 Å². The minimum Gasteiger partial charge on any atom is -0.504 e. The van der Waals surface area contributed by atoms with E-state index in [0.29, 0.717) is 16.8 Å². The summed E-state index contributed by atoms with van der Waals surface area (Å²) in [5.41, 5.74) is 1.58. The van der Waals surface area contributed by atoms with E-state index in [0.717, 1.165) is 36.1 Å². The van der Waals surface area contributed by atoms with Crippen molar-refractivity contribution in [3.05, 3.63) is 50.4 Å². The second-order valence-electron chi connectivity index (χ2n) is 6.51. The van der Waals surface area contributed by atoms with Gasteiger partial charge in [0.15, 0.2) is 11.5 Å². The number of hydrogen-bond acceptors (Lipinski definition) is 6. The molecule has 3 aromatic rings. The Morgan fingerprint density at radius 3 is 2.81 bits per heavy atom. The lowest BCUT2D eigenvalue weighted by Gasteiger charge is -2.05. The number of rotatable bonds is 2. The third-order valence-corrected chi connectivity index (χ3v) is 5.89. The van der Waals surface area contributed by atoms with Gasteiger partial charge >= 0.3 is 0 Å². The number of benzene rings is 1. The van der Waals surface area contributed by atoms with E-state index < -0.39 is 0 Å². The Morgan fingerprint density at radius 2 is 2.00 bits per heavy atom. The number of aromatic hydroxyl groups is 2. The van der Waals surface area contributed by atoms with Crippen LogP contribution in [-0.4, -0.2) is 26.1 Å². The van der Waals surface area contributed by atoms with Crippen LogP contribution in [0.1, 0.15) is 41.1 Å². The van der Waals surface area contributed by atoms with E-state index in [1.54, 1.807) is 24.3 Å². The number of aromatic nitrogens is 2. The summed E-state index contributed by atoms with van der Waals surface area (Å²) in [5, 5.41) is 24.0. The van der Waals surface area contributed by atoms with E-state index in [4.69, 9.17) is 0 Å². The summed E-state index contributed by atoms with van der Waals surface area (Å²) in [6.45, 7) is 1.76. The molecular formula is C19H19N3O3S. The van der Waals surface area contributed by atoms with Crippen LogP contribution in [0.25, 0.3) is 10.2 Å². The van der Waals surface area contributed by atoms with Crippen LogP contribution in [0.5, 0.6) is 11.5 Å². The fraction of sp³-hybridized carbons (Fsp3) is 0.316. The maximum absolute atomic E-state index is 13.1. The van der Waals surface area contributed by atoms with E-state index in [1.165, 1.54) is 34.3 Å². The summed E-state index contributed by atoms with van der Waals surface area (Å²) >= 11 is 1.63. The second kappa shape index (κ2) is 6.57. The minimum absolute atomic E-state index is 0.147. The van der Waals surface area contributed by atoms with Crippen LogP contribution in [-0.2, 0) is 12.8 Å². The third kappa shape index (κ3) is 2.88. The molecule has 7 heteroatoms. The standard InChI is InChI=1S/C19H19N3O3S/c1-11-21-18-17(13-5-3-2-4-6-16(13)26-18)19(25)22(11)20-10-12-7-8-14(23)15(24)9-12/h7-10,23-24H,2-6H2,1H3. The Labute approximate surface area is 154 Å². The number of phenolic OH excluding ortho intramolecular Hbond substituents is 2. The molecule has 0 radical (unpaired) electrons. The molecule has 1 aliphatic carbocycles. The highest BCUT2D eigenvalue weighted by Crippen LogP contribution is 2.33. The maximum atomic E-state index is 13.1. The summed E-state index contributed by atoms with van der Waals surface area (Å²) in [5.74, 6) is 0.104. The van der Waals surface area contributed by atoms with Crippen LogP contribution < -0.4 is 5.56 Å². The van der Waals surface area contributed by atoms with Gasteiger partial charge < -0.3 is 10.2 Å². The topological polar surface area (TPSA) is 87.7 Å². The van der Waals surface area contributed by atoms with Gasteiger partial charge in [-0.3, -0.25) is 4.79 Å². The van der Waals surface area contributed by atoms with E-state index >= 15 is 0 Å². The zero-order valence-corrected chi connectivity index (χ0v) is 15.2. The van der Waals surface area contributed by atoms with Gasteiger partial charge in [-0.1, -0.05) is 6.42 Å². The highest BCUT2D eigenvalue weighted by molar-refractivity contribution is 7.18. The van der Waals surface area contributed by atoms with Crippen molar-refractivity contribution in [2.45, 2.75) is 39.0 Å². The molecule has 0 saturated heterocycles. The van der Waals surface area contributed by atoms with Crippen molar-refractivity contribution in [3.8, 4) is 11.5 Å². The van der Waals surface area contributed by atoms with E-state index in [-0.39, 0.29) is 17.1 Å². The molecule has 0 atom stereocenters. The number of fused-ring (bicyclic) bond motifs is 3. The molecule has 0 unspecified atom stereocenters. The van der Waals surface area contributed by atoms with Gasteiger partial charge in [0, 0.05) is 4.88 Å². The quantitative estimate of drug-likeness (QED) is 0.412. The molecule has 0 bridgehead atoms. The molecule has 2 heterocycles. The molecule has 2 aromatic heterocycles. The van der Waals surface area contributed by atoms with Crippen LogP contribution in [0.4, 0.5) is 0 Å². The number of phenols is 2. The number of aryl methyl sites for hydroxylation is 3. The first kappa shape index (κ1) is 16.8. The van der Waals surface area contributed by atoms with Crippen LogP contribution in [0.3, 0.4) is 0 Å². The highest BCUT2D eigenvalue weighted by Gasteiger charge is 2.20. The van der Waals surface area contributed by atoms with Gasteiger partial charge in [-0.25, -0.2) is 4.98 Å². The molecule has 0 aliphatic heterocycles. The Balaban J connectivity index is 1.82. The Morgan fingerprint density at radius 1 is 1.19 bits per heavy atom.